The van der Waals surface area contributed by atoms with Crippen molar-refractivity contribution in [2.24, 2.45) is 0 Å². The van der Waals surface area contributed by atoms with Crippen molar-refractivity contribution >= 4 is 11.3 Å². The quantitative estimate of drug-likeness (QED) is 0.704. The van der Waals surface area contributed by atoms with Crippen LogP contribution in [-0.2, 0) is 6.54 Å². The summed E-state index contributed by atoms with van der Waals surface area (Å²) in [6.45, 7) is 5.54. The van der Waals surface area contributed by atoms with Crippen molar-refractivity contribution in [3.8, 4) is 0 Å². The van der Waals surface area contributed by atoms with Gasteiger partial charge in [-0.05, 0) is 26.8 Å². The predicted octanol–water partition coefficient (Wildman–Crippen LogP) is 1.31. The van der Waals surface area contributed by atoms with E-state index in [4.69, 9.17) is 5.11 Å². The normalized spacial score (nSPS) is 13.2. The van der Waals surface area contributed by atoms with Crippen molar-refractivity contribution in [1.82, 2.24) is 10.3 Å². The monoisotopic (exact) mass is 200 g/mol. The lowest BCUT2D eigenvalue weighted by Crippen LogP contribution is -2.18. The zero-order valence-corrected chi connectivity index (χ0v) is 8.90. The Bertz CT molecular complexity index is 248. The molecule has 1 heterocycles. The number of hydrogen-bond donors (Lipinski definition) is 2. The molecule has 2 N–H and O–H groups in total. The van der Waals surface area contributed by atoms with Crippen molar-refractivity contribution in [2.75, 3.05) is 6.54 Å². The Morgan fingerprint density at radius 1 is 1.69 bits per heavy atom. The molecular formula is C9H16N2OS. The molecule has 1 aromatic rings. The molecule has 13 heavy (non-hydrogen) atoms. The van der Waals surface area contributed by atoms with Gasteiger partial charge in [0.15, 0.2) is 0 Å². The Hall–Kier alpha value is -0.450. The van der Waals surface area contributed by atoms with Gasteiger partial charge in [0.25, 0.3) is 0 Å². The molecule has 0 aromatic carbocycles. The van der Waals surface area contributed by atoms with E-state index in [0.717, 1.165) is 25.2 Å². The summed E-state index contributed by atoms with van der Waals surface area (Å²) in [6.07, 6.45) is 0.591. The van der Waals surface area contributed by atoms with Gasteiger partial charge in [-0.2, -0.15) is 0 Å². The summed E-state index contributed by atoms with van der Waals surface area (Å²) in [4.78, 5) is 5.44. The Balaban J connectivity index is 2.17. The van der Waals surface area contributed by atoms with Crippen LogP contribution >= 0.6 is 11.3 Å². The Morgan fingerprint density at radius 3 is 3.00 bits per heavy atom. The van der Waals surface area contributed by atoms with Gasteiger partial charge in [0.2, 0.25) is 0 Å². The number of nitrogens with one attached hydrogen (secondary N) is 1. The molecule has 0 saturated heterocycles. The van der Waals surface area contributed by atoms with Gasteiger partial charge in [0.05, 0.1) is 17.3 Å². The van der Waals surface area contributed by atoms with Gasteiger partial charge < -0.3 is 10.4 Å². The zero-order valence-electron chi connectivity index (χ0n) is 8.08. The van der Waals surface area contributed by atoms with Gasteiger partial charge in [-0.3, -0.25) is 0 Å². The summed E-state index contributed by atoms with van der Waals surface area (Å²) in [5.41, 5.74) is 2.97. The highest BCUT2D eigenvalue weighted by Crippen LogP contribution is 2.10. The van der Waals surface area contributed by atoms with E-state index in [2.05, 4.69) is 10.3 Å². The molecule has 0 spiro atoms. The summed E-state index contributed by atoms with van der Waals surface area (Å²) >= 11 is 1.67. The first-order valence-corrected chi connectivity index (χ1v) is 5.36. The molecule has 0 aliphatic heterocycles. The molecule has 1 atom stereocenters. The van der Waals surface area contributed by atoms with Crippen LogP contribution in [0.25, 0.3) is 0 Å². The second-order valence-electron chi connectivity index (χ2n) is 3.18. The van der Waals surface area contributed by atoms with E-state index in [0.29, 0.717) is 0 Å². The fourth-order valence-corrected chi connectivity index (χ4v) is 1.76. The summed E-state index contributed by atoms with van der Waals surface area (Å²) in [5, 5.41) is 12.3. The minimum absolute atomic E-state index is 0.213. The first kappa shape index (κ1) is 10.6. The first-order chi connectivity index (χ1) is 6.20. The number of hydrogen-bond acceptors (Lipinski definition) is 4. The van der Waals surface area contributed by atoms with Crippen molar-refractivity contribution in [1.29, 1.82) is 0 Å². The molecule has 0 amide bonds. The lowest BCUT2D eigenvalue weighted by molar-refractivity contribution is 0.183. The van der Waals surface area contributed by atoms with Crippen LogP contribution in [0.1, 0.15) is 23.9 Å². The summed E-state index contributed by atoms with van der Waals surface area (Å²) in [5.74, 6) is 0. The van der Waals surface area contributed by atoms with Crippen LogP contribution in [0.5, 0.6) is 0 Å². The molecule has 0 fully saturated rings. The fraction of sp³-hybridized carbons (Fsp3) is 0.667. The summed E-state index contributed by atoms with van der Waals surface area (Å²) in [7, 11) is 0. The van der Waals surface area contributed by atoms with E-state index >= 15 is 0 Å². The third-order valence-corrected chi connectivity index (χ3v) is 2.80. The number of nitrogens with zero attached hydrogens (tertiary/aromatic N) is 1. The van der Waals surface area contributed by atoms with Gasteiger partial charge in [0.1, 0.15) is 0 Å². The number of aryl methyl sites for hydroxylation is 1. The SMILES string of the molecule is Cc1ncsc1CNCC[C@@H](C)O. The molecule has 1 aromatic heterocycles. The third-order valence-electron chi connectivity index (χ3n) is 1.87. The van der Waals surface area contributed by atoms with E-state index in [9.17, 15) is 0 Å². The van der Waals surface area contributed by atoms with Crippen LogP contribution in [-0.4, -0.2) is 22.7 Å². The van der Waals surface area contributed by atoms with Crippen molar-refractivity contribution in [2.45, 2.75) is 32.9 Å². The van der Waals surface area contributed by atoms with E-state index in [1.807, 2.05) is 12.4 Å². The fourth-order valence-electron chi connectivity index (χ4n) is 1.01. The molecule has 0 aliphatic rings. The van der Waals surface area contributed by atoms with Crippen molar-refractivity contribution in [3.63, 3.8) is 0 Å². The van der Waals surface area contributed by atoms with Crippen molar-refractivity contribution in [3.05, 3.63) is 16.1 Å². The average molecular weight is 200 g/mol. The molecule has 4 heteroatoms. The molecule has 1 rings (SSSR count). The lowest BCUT2D eigenvalue weighted by Gasteiger charge is -2.05. The topological polar surface area (TPSA) is 45.2 Å². The van der Waals surface area contributed by atoms with E-state index in [1.165, 1.54) is 4.88 Å². The van der Waals surface area contributed by atoms with Gasteiger partial charge in [-0.1, -0.05) is 0 Å². The lowest BCUT2D eigenvalue weighted by atomic mass is 10.3. The Morgan fingerprint density at radius 2 is 2.46 bits per heavy atom. The predicted molar refractivity (Wildman–Crippen MR) is 54.9 cm³/mol. The molecule has 0 unspecified atom stereocenters. The van der Waals surface area contributed by atoms with Gasteiger partial charge >= 0.3 is 0 Å². The Kier molecular flexibility index (Phi) is 4.35. The van der Waals surface area contributed by atoms with E-state index in [-0.39, 0.29) is 6.10 Å². The van der Waals surface area contributed by atoms with Crippen LogP contribution in [0.15, 0.2) is 5.51 Å². The largest absolute Gasteiger partial charge is 0.393 e. The molecule has 74 valence electrons. The highest BCUT2D eigenvalue weighted by atomic mass is 32.1. The van der Waals surface area contributed by atoms with Gasteiger partial charge in [-0.25, -0.2) is 4.98 Å². The number of aliphatic hydroxyl groups is 1. The maximum atomic E-state index is 9.01. The smallest absolute Gasteiger partial charge is 0.0798 e. The van der Waals surface area contributed by atoms with Crippen LogP contribution in [0, 0.1) is 6.92 Å². The van der Waals surface area contributed by atoms with E-state index in [1.54, 1.807) is 18.3 Å². The first-order valence-electron chi connectivity index (χ1n) is 4.48. The molecular weight excluding hydrogens is 184 g/mol. The standard InChI is InChI=1S/C9H16N2OS/c1-7(12)3-4-10-5-9-8(2)11-6-13-9/h6-7,10,12H,3-5H2,1-2H3/t7-/m1/s1. The average Bonchev–Trinajstić information content (AvgIpc) is 2.45. The minimum Gasteiger partial charge on any atom is -0.393 e. The number of aliphatic hydroxyl groups excluding tert-OH is 1. The molecule has 0 aliphatic carbocycles. The highest BCUT2D eigenvalue weighted by molar-refractivity contribution is 7.09. The van der Waals surface area contributed by atoms with Crippen LogP contribution in [0.4, 0.5) is 0 Å². The minimum atomic E-state index is -0.213. The van der Waals surface area contributed by atoms with Crippen molar-refractivity contribution < 1.29 is 5.11 Å². The molecule has 3 nitrogen and oxygen atoms in total. The maximum absolute atomic E-state index is 9.01. The molecule has 0 bridgehead atoms. The third kappa shape index (κ3) is 3.85. The summed E-state index contributed by atoms with van der Waals surface area (Å²) in [6, 6.07) is 0. The maximum Gasteiger partial charge on any atom is 0.0798 e. The van der Waals surface area contributed by atoms with E-state index < -0.39 is 0 Å². The van der Waals surface area contributed by atoms with Crippen LogP contribution in [0.2, 0.25) is 0 Å². The molecule has 0 saturated carbocycles. The number of thiazole rings is 1. The number of aromatic nitrogens is 1. The summed E-state index contributed by atoms with van der Waals surface area (Å²) < 4.78 is 0. The van der Waals surface area contributed by atoms with Gasteiger partial charge in [0, 0.05) is 11.4 Å². The number of rotatable bonds is 5. The van der Waals surface area contributed by atoms with Gasteiger partial charge in [-0.15, -0.1) is 11.3 Å². The Labute approximate surface area is 82.8 Å². The second-order valence-corrected chi connectivity index (χ2v) is 4.11. The zero-order chi connectivity index (χ0) is 9.68. The molecule has 0 radical (unpaired) electrons. The van der Waals surface area contributed by atoms with Crippen LogP contribution in [0.3, 0.4) is 0 Å². The second kappa shape index (κ2) is 5.32. The highest BCUT2D eigenvalue weighted by Gasteiger charge is 2.00. The van der Waals surface area contributed by atoms with Crippen LogP contribution < -0.4 is 5.32 Å².